The van der Waals surface area contributed by atoms with Crippen LogP contribution in [0.4, 0.5) is 13.2 Å². The van der Waals surface area contributed by atoms with Gasteiger partial charge in [0.2, 0.25) is 0 Å². The fourth-order valence-electron chi connectivity index (χ4n) is 2.43. The maximum absolute atomic E-state index is 10.6. The average Bonchev–Trinajstić information content (AvgIpc) is 3.27. The zero-order chi connectivity index (χ0) is 23.0. The molecule has 0 aliphatic rings. The number of carboxylic acids is 1. The molecule has 11 heteroatoms. The highest BCUT2D eigenvalue weighted by Gasteiger charge is 2.38. The van der Waals surface area contributed by atoms with Gasteiger partial charge in [0.1, 0.15) is 12.7 Å². The Morgan fingerprint density at radius 3 is 2.26 bits per heavy atom. The van der Waals surface area contributed by atoms with E-state index in [-0.39, 0.29) is 6.04 Å². The number of aliphatic hydroxyl groups is 1. The molecular weight excluding hydrogens is 415 g/mol. The van der Waals surface area contributed by atoms with Crippen molar-refractivity contribution in [3.8, 4) is 5.82 Å². The highest BCUT2D eigenvalue weighted by atomic mass is 19.4. The molecule has 0 bridgehead atoms. The first-order chi connectivity index (χ1) is 14.6. The third-order valence-corrected chi connectivity index (χ3v) is 4.25. The van der Waals surface area contributed by atoms with Crippen molar-refractivity contribution in [1.29, 1.82) is 0 Å². The number of benzene rings is 1. The summed E-state index contributed by atoms with van der Waals surface area (Å²) in [6, 6.07) is 11.9. The van der Waals surface area contributed by atoms with Gasteiger partial charge in [0.15, 0.2) is 5.82 Å². The SMILES string of the molecule is Cc1ccc(C(O)CNC(C)c2ccc(-n3cncn3)nc2)cc1.O=C(O)C(F)(F)F. The fourth-order valence-corrected chi connectivity index (χ4v) is 2.43. The zero-order valence-electron chi connectivity index (χ0n) is 16.8. The normalized spacial score (nSPS) is 13.1. The molecule has 3 N–H and O–H groups in total. The number of hydrogen-bond donors (Lipinski definition) is 3. The summed E-state index contributed by atoms with van der Waals surface area (Å²) in [6.07, 6.45) is -0.712. The Morgan fingerprint density at radius 1 is 1.16 bits per heavy atom. The maximum atomic E-state index is 10.6. The van der Waals surface area contributed by atoms with Crippen LogP contribution in [-0.2, 0) is 4.79 Å². The molecule has 31 heavy (non-hydrogen) atoms. The molecule has 0 saturated heterocycles. The Labute approximate surface area is 176 Å². The van der Waals surface area contributed by atoms with Crippen LogP contribution in [-0.4, -0.2) is 48.7 Å². The molecule has 1 aromatic carbocycles. The summed E-state index contributed by atoms with van der Waals surface area (Å²) < 4.78 is 33.4. The molecule has 3 aromatic rings. The van der Waals surface area contributed by atoms with Gasteiger partial charge in [-0.1, -0.05) is 35.9 Å². The quantitative estimate of drug-likeness (QED) is 0.543. The molecule has 8 nitrogen and oxygen atoms in total. The van der Waals surface area contributed by atoms with E-state index in [0.29, 0.717) is 6.54 Å². The van der Waals surface area contributed by atoms with E-state index in [0.717, 1.165) is 16.9 Å². The number of nitrogens with zero attached hydrogens (tertiary/aromatic N) is 4. The molecule has 0 spiro atoms. The number of nitrogens with one attached hydrogen (secondary N) is 1. The lowest BCUT2D eigenvalue weighted by molar-refractivity contribution is -0.192. The van der Waals surface area contributed by atoms with E-state index in [1.54, 1.807) is 11.0 Å². The number of rotatable bonds is 6. The standard InChI is InChI=1S/C18H21N5O.C2HF3O2/c1-13-3-5-15(6-4-13)17(24)10-20-14(2)16-7-8-18(21-9-16)23-12-19-11-22-23;3-2(4,5)1(6)7/h3-9,11-12,14,17,20,24H,10H2,1-2H3;(H,6,7). The molecule has 0 aliphatic carbocycles. The Morgan fingerprint density at radius 2 is 1.77 bits per heavy atom. The third kappa shape index (κ3) is 7.46. The summed E-state index contributed by atoms with van der Waals surface area (Å²) in [6.45, 7) is 4.57. The van der Waals surface area contributed by atoms with E-state index in [1.165, 1.54) is 11.9 Å². The fraction of sp³-hybridized carbons (Fsp3) is 0.300. The van der Waals surface area contributed by atoms with Crippen LogP contribution in [0.25, 0.3) is 5.82 Å². The van der Waals surface area contributed by atoms with Gasteiger partial charge in [-0.25, -0.2) is 19.4 Å². The minimum Gasteiger partial charge on any atom is -0.475 e. The molecule has 2 atom stereocenters. The van der Waals surface area contributed by atoms with Crippen molar-refractivity contribution in [3.63, 3.8) is 0 Å². The van der Waals surface area contributed by atoms with Crippen LogP contribution >= 0.6 is 0 Å². The van der Waals surface area contributed by atoms with E-state index in [4.69, 9.17) is 9.90 Å². The van der Waals surface area contributed by atoms with E-state index in [2.05, 4.69) is 20.4 Å². The Bertz CT molecular complexity index is 946. The van der Waals surface area contributed by atoms with Crippen molar-refractivity contribution >= 4 is 5.97 Å². The molecule has 166 valence electrons. The highest BCUT2D eigenvalue weighted by molar-refractivity contribution is 5.73. The number of carbonyl (C=O) groups is 1. The minimum absolute atomic E-state index is 0.0856. The zero-order valence-corrected chi connectivity index (χ0v) is 16.8. The van der Waals surface area contributed by atoms with Gasteiger partial charge in [0.05, 0.1) is 6.10 Å². The first kappa shape index (κ1) is 24.0. The van der Waals surface area contributed by atoms with Gasteiger partial charge >= 0.3 is 12.1 Å². The number of pyridine rings is 1. The molecule has 2 aromatic heterocycles. The van der Waals surface area contributed by atoms with E-state index in [1.807, 2.05) is 56.4 Å². The predicted octanol–water partition coefficient (Wildman–Crippen LogP) is 2.99. The van der Waals surface area contributed by atoms with Gasteiger partial charge in [-0.05, 0) is 31.0 Å². The number of aliphatic hydroxyl groups excluding tert-OH is 1. The van der Waals surface area contributed by atoms with E-state index >= 15 is 0 Å². The largest absolute Gasteiger partial charge is 0.490 e. The average molecular weight is 437 g/mol. The second-order valence-electron chi connectivity index (χ2n) is 6.65. The summed E-state index contributed by atoms with van der Waals surface area (Å²) in [5.74, 6) is -2.03. The number of aryl methyl sites for hydroxylation is 1. The number of alkyl halides is 3. The van der Waals surface area contributed by atoms with Crippen LogP contribution in [0.2, 0.25) is 0 Å². The maximum Gasteiger partial charge on any atom is 0.490 e. The summed E-state index contributed by atoms with van der Waals surface area (Å²) >= 11 is 0. The van der Waals surface area contributed by atoms with Crippen LogP contribution in [0.15, 0.2) is 55.2 Å². The van der Waals surface area contributed by atoms with Crippen molar-refractivity contribution in [2.45, 2.75) is 32.2 Å². The van der Waals surface area contributed by atoms with Crippen LogP contribution in [0, 0.1) is 6.92 Å². The van der Waals surface area contributed by atoms with Gasteiger partial charge < -0.3 is 15.5 Å². The molecule has 0 amide bonds. The van der Waals surface area contributed by atoms with E-state index in [9.17, 15) is 18.3 Å². The Balaban J connectivity index is 0.000000423. The minimum atomic E-state index is -5.08. The second kappa shape index (κ2) is 10.6. The molecule has 2 unspecified atom stereocenters. The molecule has 0 fully saturated rings. The van der Waals surface area contributed by atoms with Gasteiger partial charge in [-0.3, -0.25) is 0 Å². The van der Waals surface area contributed by atoms with Crippen LogP contribution in [0.5, 0.6) is 0 Å². The summed E-state index contributed by atoms with van der Waals surface area (Å²) in [4.78, 5) is 17.2. The first-order valence-corrected chi connectivity index (χ1v) is 9.17. The molecule has 0 radical (unpaired) electrons. The van der Waals surface area contributed by atoms with Crippen molar-refractivity contribution in [3.05, 3.63) is 71.9 Å². The first-order valence-electron chi connectivity index (χ1n) is 9.17. The van der Waals surface area contributed by atoms with Crippen LogP contribution < -0.4 is 5.32 Å². The number of carboxylic acid groups (broad SMARTS) is 1. The topological polar surface area (TPSA) is 113 Å². The Kier molecular flexibility index (Phi) is 8.22. The molecule has 2 heterocycles. The number of aliphatic carboxylic acids is 1. The smallest absolute Gasteiger partial charge is 0.475 e. The predicted molar refractivity (Wildman–Crippen MR) is 105 cm³/mol. The molecule has 0 saturated carbocycles. The summed E-state index contributed by atoms with van der Waals surface area (Å²) in [5, 5.41) is 24.8. The van der Waals surface area contributed by atoms with Crippen molar-refractivity contribution in [1.82, 2.24) is 25.1 Å². The number of halogens is 3. The lowest BCUT2D eigenvalue weighted by Gasteiger charge is -2.18. The van der Waals surface area contributed by atoms with Crippen LogP contribution in [0.3, 0.4) is 0 Å². The second-order valence-corrected chi connectivity index (χ2v) is 6.65. The van der Waals surface area contributed by atoms with Crippen molar-refractivity contribution in [2.75, 3.05) is 6.54 Å². The molecular formula is C20H22F3N5O3. The third-order valence-electron chi connectivity index (χ3n) is 4.25. The van der Waals surface area contributed by atoms with Crippen molar-refractivity contribution < 1.29 is 28.2 Å². The lowest BCUT2D eigenvalue weighted by atomic mass is 10.1. The van der Waals surface area contributed by atoms with Crippen molar-refractivity contribution in [2.24, 2.45) is 0 Å². The van der Waals surface area contributed by atoms with E-state index < -0.39 is 18.2 Å². The van der Waals surface area contributed by atoms with Crippen LogP contribution in [0.1, 0.15) is 35.8 Å². The highest BCUT2D eigenvalue weighted by Crippen LogP contribution is 2.17. The summed E-state index contributed by atoms with van der Waals surface area (Å²) in [7, 11) is 0. The van der Waals surface area contributed by atoms with Gasteiger partial charge in [0, 0.05) is 18.8 Å². The summed E-state index contributed by atoms with van der Waals surface area (Å²) in [5.41, 5.74) is 3.15. The lowest BCUT2D eigenvalue weighted by Crippen LogP contribution is -2.24. The molecule has 3 rings (SSSR count). The number of aromatic nitrogens is 4. The van der Waals surface area contributed by atoms with Gasteiger partial charge in [-0.2, -0.15) is 18.3 Å². The molecule has 0 aliphatic heterocycles. The van der Waals surface area contributed by atoms with Gasteiger partial charge in [-0.15, -0.1) is 0 Å². The number of hydrogen-bond acceptors (Lipinski definition) is 6. The Hall–Kier alpha value is -3.31. The monoisotopic (exact) mass is 437 g/mol. The van der Waals surface area contributed by atoms with Gasteiger partial charge in [0.25, 0.3) is 0 Å².